The van der Waals surface area contributed by atoms with E-state index >= 15 is 0 Å². The van der Waals surface area contributed by atoms with Crippen LogP contribution in [0.2, 0.25) is 0 Å². The summed E-state index contributed by atoms with van der Waals surface area (Å²) in [5.41, 5.74) is 0.0876. The fraction of sp³-hybridized carbons (Fsp3) is 0.500. The number of carbonyl (C=O) groups excluding carboxylic acids is 2. The lowest BCUT2D eigenvalue weighted by Crippen LogP contribution is -2.47. The Morgan fingerprint density at radius 2 is 1.68 bits per heavy atom. The topological polar surface area (TPSA) is 58.2 Å². The van der Waals surface area contributed by atoms with Crippen LogP contribution in [-0.2, 0) is 16.0 Å². The Hall–Kier alpha value is -1.98. The molecule has 0 fully saturated rings. The summed E-state index contributed by atoms with van der Waals surface area (Å²) in [6, 6.07) is 2.18. The summed E-state index contributed by atoms with van der Waals surface area (Å²) in [6.07, 6.45) is 0.266. The van der Waals surface area contributed by atoms with Crippen LogP contribution in [0.4, 0.5) is 8.78 Å². The zero-order chi connectivity index (χ0) is 16.9. The number of likely N-dealkylation sites (N-methyl/N-ethyl adjacent to an activating group) is 1. The molecular weight excluding hydrogens is 290 g/mol. The van der Waals surface area contributed by atoms with Gasteiger partial charge >= 0.3 is 0 Å². The van der Waals surface area contributed by atoms with Crippen molar-refractivity contribution >= 4 is 11.8 Å². The van der Waals surface area contributed by atoms with E-state index in [0.29, 0.717) is 5.56 Å². The molecule has 22 heavy (non-hydrogen) atoms. The molecule has 0 bridgehead atoms. The molecule has 1 aromatic rings. The Labute approximate surface area is 129 Å². The SMILES string of the molecule is CNC(=O)[C@H](Cc1cc(F)cc(F)c1)NC(=O)CC(C)(C)C. The number of halogens is 2. The molecule has 0 aromatic heterocycles. The maximum atomic E-state index is 13.2. The van der Waals surface area contributed by atoms with Crippen LogP contribution in [0.5, 0.6) is 0 Å². The average molecular weight is 312 g/mol. The first-order valence-electron chi connectivity index (χ1n) is 7.06. The minimum Gasteiger partial charge on any atom is -0.357 e. The van der Waals surface area contributed by atoms with Gasteiger partial charge < -0.3 is 10.6 Å². The Kier molecular flexibility index (Phi) is 6.02. The molecule has 1 rings (SSSR count). The molecule has 6 heteroatoms. The summed E-state index contributed by atoms with van der Waals surface area (Å²) in [6.45, 7) is 5.72. The Balaban J connectivity index is 2.85. The van der Waals surface area contributed by atoms with Gasteiger partial charge in [-0.3, -0.25) is 9.59 Å². The number of benzene rings is 1. The second kappa shape index (κ2) is 7.33. The first-order valence-corrected chi connectivity index (χ1v) is 7.06. The van der Waals surface area contributed by atoms with Gasteiger partial charge in [0.2, 0.25) is 11.8 Å². The standard InChI is InChI=1S/C16H22F2N2O2/c1-16(2,3)9-14(21)20-13(15(22)19-4)7-10-5-11(17)8-12(18)6-10/h5-6,8,13H,7,9H2,1-4H3,(H,19,22)(H,20,21)/t13-/m0/s1. The number of hydrogen-bond acceptors (Lipinski definition) is 2. The smallest absolute Gasteiger partial charge is 0.242 e. The molecule has 2 N–H and O–H groups in total. The molecule has 0 aliphatic rings. The van der Waals surface area contributed by atoms with Gasteiger partial charge in [0.15, 0.2) is 0 Å². The van der Waals surface area contributed by atoms with Crippen molar-refractivity contribution in [1.29, 1.82) is 0 Å². The molecule has 0 radical (unpaired) electrons. The van der Waals surface area contributed by atoms with Crippen molar-refractivity contribution in [2.24, 2.45) is 5.41 Å². The van der Waals surface area contributed by atoms with E-state index in [-0.39, 0.29) is 24.2 Å². The largest absolute Gasteiger partial charge is 0.357 e. The summed E-state index contributed by atoms with van der Waals surface area (Å²) in [5, 5.41) is 5.06. The van der Waals surface area contributed by atoms with E-state index in [4.69, 9.17) is 0 Å². The minimum atomic E-state index is -0.874. The van der Waals surface area contributed by atoms with Gasteiger partial charge in [-0.1, -0.05) is 20.8 Å². The third kappa shape index (κ3) is 6.20. The summed E-state index contributed by atoms with van der Waals surface area (Å²) in [5.74, 6) is -2.12. The summed E-state index contributed by atoms with van der Waals surface area (Å²) in [7, 11) is 1.44. The third-order valence-corrected chi connectivity index (χ3v) is 2.95. The van der Waals surface area contributed by atoms with E-state index in [1.54, 1.807) is 0 Å². The fourth-order valence-corrected chi connectivity index (χ4v) is 2.08. The van der Waals surface area contributed by atoms with Crippen LogP contribution < -0.4 is 10.6 Å². The number of hydrogen-bond donors (Lipinski definition) is 2. The predicted octanol–water partition coefficient (Wildman–Crippen LogP) is 2.17. The molecule has 1 atom stereocenters. The maximum Gasteiger partial charge on any atom is 0.242 e. The molecule has 0 heterocycles. The van der Waals surface area contributed by atoms with Crippen molar-refractivity contribution in [2.75, 3.05) is 7.05 Å². The molecule has 4 nitrogen and oxygen atoms in total. The second-order valence-electron chi connectivity index (χ2n) is 6.45. The van der Waals surface area contributed by atoms with E-state index in [9.17, 15) is 18.4 Å². The van der Waals surface area contributed by atoms with Gasteiger partial charge in [0.1, 0.15) is 17.7 Å². The zero-order valence-electron chi connectivity index (χ0n) is 13.3. The van der Waals surface area contributed by atoms with Crippen molar-refractivity contribution in [1.82, 2.24) is 10.6 Å². The molecule has 0 saturated carbocycles. The van der Waals surface area contributed by atoms with E-state index in [2.05, 4.69) is 10.6 Å². The number of nitrogens with one attached hydrogen (secondary N) is 2. The van der Waals surface area contributed by atoms with E-state index in [0.717, 1.165) is 18.2 Å². The van der Waals surface area contributed by atoms with E-state index in [1.807, 2.05) is 20.8 Å². The van der Waals surface area contributed by atoms with Crippen molar-refractivity contribution < 1.29 is 18.4 Å². The normalized spacial score (nSPS) is 12.6. The first kappa shape index (κ1) is 18.1. The molecule has 0 aliphatic heterocycles. The lowest BCUT2D eigenvalue weighted by atomic mass is 9.91. The van der Waals surface area contributed by atoms with Crippen LogP contribution >= 0.6 is 0 Å². The first-order chi connectivity index (χ1) is 10.1. The molecule has 0 saturated heterocycles. The molecule has 1 aromatic carbocycles. The number of rotatable bonds is 5. The summed E-state index contributed by atoms with van der Waals surface area (Å²) >= 11 is 0. The van der Waals surface area contributed by atoms with Gasteiger partial charge in [0.25, 0.3) is 0 Å². The second-order valence-corrected chi connectivity index (χ2v) is 6.45. The fourth-order valence-electron chi connectivity index (χ4n) is 2.08. The number of amides is 2. The molecule has 122 valence electrons. The van der Waals surface area contributed by atoms with Gasteiger partial charge in [-0.25, -0.2) is 8.78 Å². The van der Waals surface area contributed by atoms with Gasteiger partial charge in [-0.2, -0.15) is 0 Å². The Morgan fingerprint density at radius 3 is 2.14 bits per heavy atom. The Morgan fingerprint density at radius 1 is 1.14 bits per heavy atom. The van der Waals surface area contributed by atoms with Crippen molar-refractivity contribution in [3.05, 3.63) is 35.4 Å². The lowest BCUT2D eigenvalue weighted by molar-refractivity contribution is -0.129. The number of carbonyl (C=O) groups is 2. The zero-order valence-corrected chi connectivity index (χ0v) is 13.3. The van der Waals surface area contributed by atoms with Crippen LogP contribution in [0.1, 0.15) is 32.8 Å². The monoisotopic (exact) mass is 312 g/mol. The van der Waals surface area contributed by atoms with Crippen LogP contribution in [0.3, 0.4) is 0 Å². The van der Waals surface area contributed by atoms with Crippen LogP contribution in [0.15, 0.2) is 18.2 Å². The summed E-state index contributed by atoms with van der Waals surface area (Å²) in [4.78, 5) is 23.8. The van der Waals surface area contributed by atoms with Gasteiger partial charge in [-0.05, 0) is 23.1 Å². The van der Waals surface area contributed by atoms with Crippen molar-refractivity contribution in [2.45, 2.75) is 39.7 Å². The quantitative estimate of drug-likeness (QED) is 0.875. The molecule has 2 amide bonds. The Bertz CT molecular complexity index is 533. The summed E-state index contributed by atoms with van der Waals surface area (Å²) < 4.78 is 26.4. The highest BCUT2D eigenvalue weighted by Gasteiger charge is 2.23. The minimum absolute atomic E-state index is 0.0181. The van der Waals surface area contributed by atoms with Crippen LogP contribution in [0.25, 0.3) is 0 Å². The van der Waals surface area contributed by atoms with Gasteiger partial charge in [-0.15, -0.1) is 0 Å². The molecule has 0 unspecified atom stereocenters. The van der Waals surface area contributed by atoms with Crippen molar-refractivity contribution in [3.63, 3.8) is 0 Å². The molecule has 0 aliphatic carbocycles. The van der Waals surface area contributed by atoms with Gasteiger partial charge in [0, 0.05) is 26.0 Å². The molecular formula is C16H22F2N2O2. The van der Waals surface area contributed by atoms with Crippen LogP contribution in [0, 0.1) is 17.0 Å². The average Bonchev–Trinajstić information content (AvgIpc) is 2.33. The van der Waals surface area contributed by atoms with E-state index in [1.165, 1.54) is 7.05 Å². The lowest BCUT2D eigenvalue weighted by Gasteiger charge is -2.21. The highest BCUT2D eigenvalue weighted by atomic mass is 19.1. The third-order valence-electron chi connectivity index (χ3n) is 2.95. The van der Waals surface area contributed by atoms with E-state index < -0.39 is 23.6 Å². The highest BCUT2D eigenvalue weighted by Crippen LogP contribution is 2.18. The van der Waals surface area contributed by atoms with Crippen LogP contribution in [-0.4, -0.2) is 24.9 Å². The van der Waals surface area contributed by atoms with Crippen molar-refractivity contribution in [3.8, 4) is 0 Å². The van der Waals surface area contributed by atoms with Gasteiger partial charge in [0.05, 0.1) is 0 Å². The maximum absolute atomic E-state index is 13.2. The highest BCUT2D eigenvalue weighted by molar-refractivity contribution is 5.87. The predicted molar refractivity (Wildman–Crippen MR) is 80.1 cm³/mol. The molecule has 0 spiro atoms.